The van der Waals surface area contributed by atoms with E-state index in [1.54, 1.807) is 11.3 Å². The summed E-state index contributed by atoms with van der Waals surface area (Å²) in [4.78, 5) is 4.73. The molecule has 1 aliphatic heterocycles. The minimum atomic E-state index is 0.293. The van der Waals surface area contributed by atoms with Crippen LogP contribution in [0.15, 0.2) is 23.6 Å². The Hall–Kier alpha value is -2.38. The molecular weight excluding hydrogens is 348 g/mol. The second kappa shape index (κ2) is 7.09. The van der Waals surface area contributed by atoms with Crippen molar-refractivity contribution in [2.24, 2.45) is 7.05 Å². The molecule has 4 rings (SSSR count). The van der Waals surface area contributed by atoms with Gasteiger partial charge in [-0.1, -0.05) is 0 Å². The minimum Gasteiger partial charge on any atom is -0.454 e. The third-order valence-electron chi connectivity index (χ3n) is 4.69. The van der Waals surface area contributed by atoms with Gasteiger partial charge in [0.05, 0.1) is 11.4 Å². The van der Waals surface area contributed by atoms with E-state index in [2.05, 4.69) is 29.6 Å². The third-order valence-corrected chi connectivity index (χ3v) is 5.63. The highest BCUT2D eigenvalue weighted by molar-refractivity contribution is 7.13. The molecule has 0 unspecified atom stereocenters. The van der Waals surface area contributed by atoms with Crippen LogP contribution in [0, 0.1) is 13.8 Å². The van der Waals surface area contributed by atoms with Crippen molar-refractivity contribution < 1.29 is 9.47 Å². The third kappa shape index (κ3) is 3.32. The molecule has 6 nitrogen and oxygen atoms in total. The molecule has 0 saturated carbocycles. The first kappa shape index (κ1) is 17.1. The lowest BCUT2D eigenvalue weighted by Gasteiger charge is -2.04. The van der Waals surface area contributed by atoms with E-state index in [0.717, 1.165) is 53.0 Å². The molecule has 1 N–H and O–H groups in total. The van der Waals surface area contributed by atoms with Gasteiger partial charge >= 0.3 is 0 Å². The number of ether oxygens (including phenoxy) is 2. The summed E-state index contributed by atoms with van der Waals surface area (Å²) in [5.74, 6) is 1.59. The molecule has 3 aromatic rings. The van der Waals surface area contributed by atoms with Crippen LogP contribution in [0.3, 0.4) is 0 Å². The lowest BCUT2D eigenvalue weighted by molar-refractivity contribution is 0.174. The van der Waals surface area contributed by atoms with E-state index in [1.807, 2.05) is 29.9 Å². The number of nitrogens with one attached hydrogen (secondary N) is 1. The Kier molecular flexibility index (Phi) is 4.65. The molecule has 26 heavy (non-hydrogen) atoms. The van der Waals surface area contributed by atoms with E-state index in [0.29, 0.717) is 6.79 Å². The molecule has 0 radical (unpaired) electrons. The first-order chi connectivity index (χ1) is 12.6. The number of benzene rings is 1. The zero-order valence-corrected chi connectivity index (χ0v) is 16.0. The number of aryl methyl sites for hydroxylation is 2. The maximum absolute atomic E-state index is 5.45. The summed E-state index contributed by atoms with van der Waals surface area (Å²) >= 11 is 1.65. The number of rotatable bonds is 6. The van der Waals surface area contributed by atoms with E-state index in [1.165, 1.54) is 11.3 Å². The Balaban J connectivity index is 1.34. The predicted octanol–water partition coefficient (Wildman–Crippen LogP) is 3.22. The largest absolute Gasteiger partial charge is 0.454 e. The number of thiazole rings is 1. The smallest absolute Gasteiger partial charge is 0.231 e. The molecule has 1 aromatic carbocycles. The fourth-order valence-corrected chi connectivity index (χ4v) is 3.98. The SMILES string of the molecule is Cc1nn(C)c(C)c1CCNCc1csc(-c2ccc3c(c2)OCO3)n1. The fraction of sp³-hybridized carbons (Fsp3) is 0.368. The van der Waals surface area contributed by atoms with Crippen LogP contribution < -0.4 is 14.8 Å². The number of nitrogens with zero attached hydrogens (tertiary/aromatic N) is 3. The highest BCUT2D eigenvalue weighted by Crippen LogP contribution is 2.36. The van der Waals surface area contributed by atoms with Crippen LogP contribution in [0.25, 0.3) is 10.6 Å². The maximum atomic E-state index is 5.45. The summed E-state index contributed by atoms with van der Waals surface area (Å²) in [6.45, 7) is 6.15. The van der Waals surface area contributed by atoms with Crippen LogP contribution >= 0.6 is 11.3 Å². The molecule has 0 saturated heterocycles. The second-order valence-corrected chi connectivity index (χ2v) is 7.27. The summed E-state index contributed by atoms with van der Waals surface area (Å²) in [5, 5.41) is 11.1. The topological polar surface area (TPSA) is 61.2 Å². The molecular formula is C19H22N4O2S. The average Bonchev–Trinajstić information content (AvgIpc) is 3.33. The minimum absolute atomic E-state index is 0.293. The van der Waals surface area contributed by atoms with Gasteiger partial charge in [-0.2, -0.15) is 5.10 Å². The number of hydrogen-bond donors (Lipinski definition) is 1. The van der Waals surface area contributed by atoms with Crippen molar-refractivity contribution in [2.45, 2.75) is 26.8 Å². The van der Waals surface area contributed by atoms with Gasteiger partial charge in [0.2, 0.25) is 6.79 Å². The Morgan fingerprint density at radius 1 is 1.23 bits per heavy atom. The number of fused-ring (bicyclic) bond motifs is 1. The molecule has 7 heteroatoms. The van der Waals surface area contributed by atoms with Crippen molar-refractivity contribution in [1.82, 2.24) is 20.1 Å². The molecule has 0 bridgehead atoms. The maximum Gasteiger partial charge on any atom is 0.231 e. The van der Waals surface area contributed by atoms with Crippen molar-refractivity contribution in [2.75, 3.05) is 13.3 Å². The molecule has 1 aliphatic rings. The van der Waals surface area contributed by atoms with Crippen LogP contribution in [-0.4, -0.2) is 28.1 Å². The molecule has 2 aromatic heterocycles. The van der Waals surface area contributed by atoms with Crippen LogP contribution in [0.1, 0.15) is 22.6 Å². The molecule has 0 fully saturated rings. The summed E-state index contributed by atoms with van der Waals surface area (Å²) in [5.41, 5.74) is 5.81. The van der Waals surface area contributed by atoms with Crippen LogP contribution in [0.5, 0.6) is 11.5 Å². The van der Waals surface area contributed by atoms with Crippen molar-refractivity contribution in [1.29, 1.82) is 0 Å². The highest BCUT2D eigenvalue weighted by Gasteiger charge is 2.15. The predicted molar refractivity (Wildman–Crippen MR) is 102 cm³/mol. The summed E-state index contributed by atoms with van der Waals surface area (Å²) in [7, 11) is 1.99. The van der Waals surface area contributed by atoms with Crippen LogP contribution in [0.4, 0.5) is 0 Å². The van der Waals surface area contributed by atoms with E-state index < -0.39 is 0 Å². The van der Waals surface area contributed by atoms with Crippen molar-refractivity contribution in [3.05, 3.63) is 46.2 Å². The van der Waals surface area contributed by atoms with Gasteiger partial charge < -0.3 is 14.8 Å². The van der Waals surface area contributed by atoms with Gasteiger partial charge in [0, 0.05) is 30.2 Å². The first-order valence-corrected chi connectivity index (χ1v) is 9.54. The normalized spacial score (nSPS) is 12.7. The van der Waals surface area contributed by atoms with Gasteiger partial charge in [0.25, 0.3) is 0 Å². The quantitative estimate of drug-likeness (QED) is 0.675. The Morgan fingerprint density at radius 3 is 2.88 bits per heavy atom. The van der Waals surface area contributed by atoms with Gasteiger partial charge in [-0.3, -0.25) is 4.68 Å². The summed E-state index contributed by atoms with van der Waals surface area (Å²) in [6, 6.07) is 5.96. The molecule has 0 amide bonds. The van der Waals surface area contributed by atoms with Gasteiger partial charge in [-0.05, 0) is 50.6 Å². The van der Waals surface area contributed by atoms with E-state index in [-0.39, 0.29) is 0 Å². The highest BCUT2D eigenvalue weighted by atomic mass is 32.1. The van der Waals surface area contributed by atoms with E-state index >= 15 is 0 Å². The lowest BCUT2D eigenvalue weighted by atomic mass is 10.1. The molecule has 3 heterocycles. The molecule has 0 spiro atoms. The van der Waals surface area contributed by atoms with Crippen molar-refractivity contribution in [3.63, 3.8) is 0 Å². The first-order valence-electron chi connectivity index (χ1n) is 8.66. The average molecular weight is 370 g/mol. The van der Waals surface area contributed by atoms with Crippen LogP contribution in [0.2, 0.25) is 0 Å². The standard InChI is InChI=1S/C19H22N4O2S/c1-12-16(13(2)23(3)22-12)6-7-20-9-15-10-26-19(21-15)14-4-5-17-18(8-14)25-11-24-17/h4-5,8,10,20H,6-7,9,11H2,1-3H3. The zero-order chi connectivity index (χ0) is 18.1. The molecule has 136 valence electrons. The van der Waals surface area contributed by atoms with E-state index in [9.17, 15) is 0 Å². The van der Waals surface area contributed by atoms with Gasteiger partial charge in [-0.15, -0.1) is 11.3 Å². The Labute approximate surface area is 156 Å². The lowest BCUT2D eigenvalue weighted by Crippen LogP contribution is -2.17. The summed E-state index contributed by atoms with van der Waals surface area (Å²) < 4.78 is 12.8. The van der Waals surface area contributed by atoms with Crippen molar-refractivity contribution in [3.8, 4) is 22.1 Å². The number of aromatic nitrogens is 3. The molecule has 0 aliphatic carbocycles. The van der Waals surface area contributed by atoms with Crippen molar-refractivity contribution >= 4 is 11.3 Å². The Bertz CT molecular complexity index is 932. The van der Waals surface area contributed by atoms with Gasteiger partial charge in [0.15, 0.2) is 11.5 Å². The number of hydrogen-bond acceptors (Lipinski definition) is 6. The van der Waals surface area contributed by atoms with Crippen LogP contribution in [-0.2, 0) is 20.0 Å². The Morgan fingerprint density at radius 2 is 2.08 bits per heavy atom. The molecule has 0 atom stereocenters. The summed E-state index contributed by atoms with van der Waals surface area (Å²) in [6.07, 6.45) is 0.977. The van der Waals surface area contributed by atoms with Gasteiger partial charge in [-0.25, -0.2) is 4.98 Å². The second-order valence-electron chi connectivity index (χ2n) is 6.41. The van der Waals surface area contributed by atoms with Gasteiger partial charge in [0.1, 0.15) is 5.01 Å². The van der Waals surface area contributed by atoms with E-state index in [4.69, 9.17) is 14.5 Å². The zero-order valence-electron chi connectivity index (χ0n) is 15.2. The fourth-order valence-electron chi connectivity index (χ4n) is 3.16. The monoisotopic (exact) mass is 370 g/mol.